The van der Waals surface area contributed by atoms with Crippen LogP contribution in [0, 0.1) is 0 Å². The van der Waals surface area contributed by atoms with Gasteiger partial charge < -0.3 is 10.0 Å². The zero-order chi connectivity index (χ0) is 18.7. The normalized spacial score (nSPS) is 12.9. The summed E-state index contributed by atoms with van der Waals surface area (Å²) in [5.41, 5.74) is 1.67. The lowest BCUT2D eigenvalue weighted by Crippen LogP contribution is -2.16. The van der Waals surface area contributed by atoms with Crippen molar-refractivity contribution in [3.05, 3.63) is 72.3 Å². The van der Waals surface area contributed by atoms with Crippen molar-refractivity contribution in [1.29, 1.82) is 0 Å². The van der Waals surface area contributed by atoms with Gasteiger partial charge in [-0.25, -0.2) is 8.42 Å². The standard InChI is InChI=1S/C21H23NO3S/c1-22(2)19-12-6-11-18-17(19)10-7-13-21(18)26(24,25)20(14-15-23)16-8-4-3-5-9-16/h3-13,20,23H,14-15H2,1-2H3. The Kier molecular flexibility index (Phi) is 5.30. The number of nitrogens with zero attached hydrogens (tertiary/aromatic N) is 1. The van der Waals surface area contributed by atoms with Crippen molar-refractivity contribution in [2.45, 2.75) is 16.6 Å². The highest BCUT2D eigenvalue weighted by Gasteiger charge is 2.30. The molecule has 3 aromatic rings. The minimum absolute atomic E-state index is 0.163. The van der Waals surface area contributed by atoms with Crippen molar-refractivity contribution in [2.24, 2.45) is 0 Å². The molecule has 0 radical (unpaired) electrons. The molecular formula is C21H23NO3S. The van der Waals surface area contributed by atoms with Gasteiger partial charge in [-0.3, -0.25) is 0 Å². The average Bonchev–Trinajstić information content (AvgIpc) is 2.65. The van der Waals surface area contributed by atoms with Crippen LogP contribution in [0.3, 0.4) is 0 Å². The predicted octanol–water partition coefficient (Wildman–Crippen LogP) is 3.80. The van der Waals surface area contributed by atoms with Crippen molar-refractivity contribution < 1.29 is 13.5 Å². The number of aliphatic hydroxyl groups is 1. The molecule has 0 aliphatic rings. The van der Waals surface area contributed by atoms with E-state index in [1.54, 1.807) is 24.3 Å². The van der Waals surface area contributed by atoms with E-state index in [1.165, 1.54) is 0 Å². The molecule has 0 saturated carbocycles. The zero-order valence-corrected chi connectivity index (χ0v) is 15.8. The Morgan fingerprint density at radius 1 is 0.885 bits per heavy atom. The maximum absolute atomic E-state index is 13.5. The van der Waals surface area contributed by atoms with Crippen molar-refractivity contribution in [1.82, 2.24) is 0 Å². The van der Waals surface area contributed by atoms with E-state index >= 15 is 0 Å². The van der Waals surface area contributed by atoms with E-state index in [9.17, 15) is 13.5 Å². The molecule has 3 aromatic carbocycles. The second-order valence-electron chi connectivity index (χ2n) is 6.48. The summed E-state index contributed by atoms with van der Waals surface area (Å²) in [4.78, 5) is 2.28. The third-order valence-corrected chi connectivity index (χ3v) is 6.81. The van der Waals surface area contributed by atoms with Crippen LogP contribution in [0.5, 0.6) is 0 Å². The molecule has 0 fully saturated rings. The molecule has 0 saturated heterocycles. The van der Waals surface area contributed by atoms with Crippen LogP contribution in [0.15, 0.2) is 71.6 Å². The number of hydrogen-bond donors (Lipinski definition) is 1. The van der Waals surface area contributed by atoms with Crippen molar-refractivity contribution in [2.75, 3.05) is 25.6 Å². The van der Waals surface area contributed by atoms with Crippen LogP contribution in [-0.2, 0) is 9.84 Å². The average molecular weight is 369 g/mol. The zero-order valence-electron chi connectivity index (χ0n) is 15.0. The molecule has 0 bridgehead atoms. The Hall–Kier alpha value is -2.37. The summed E-state index contributed by atoms with van der Waals surface area (Å²) in [7, 11) is 0.214. The highest BCUT2D eigenvalue weighted by Crippen LogP contribution is 2.37. The number of hydrogen-bond acceptors (Lipinski definition) is 4. The van der Waals surface area contributed by atoms with E-state index in [0.29, 0.717) is 15.8 Å². The van der Waals surface area contributed by atoms with Crippen LogP contribution in [-0.4, -0.2) is 34.2 Å². The van der Waals surface area contributed by atoms with Crippen LogP contribution in [0.2, 0.25) is 0 Å². The molecule has 4 nitrogen and oxygen atoms in total. The summed E-state index contributed by atoms with van der Waals surface area (Å²) >= 11 is 0. The smallest absolute Gasteiger partial charge is 0.186 e. The minimum Gasteiger partial charge on any atom is -0.396 e. The Bertz CT molecular complexity index is 998. The molecule has 3 rings (SSSR count). The highest BCUT2D eigenvalue weighted by molar-refractivity contribution is 7.92. The van der Waals surface area contributed by atoms with Gasteiger partial charge in [-0.2, -0.15) is 0 Å². The number of aliphatic hydroxyl groups excluding tert-OH is 1. The van der Waals surface area contributed by atoms with Crippen LogP contribution in [0.25, 0.3) is 10.8 Å². The molecule has 1 atom stereocenters. The van der Waals surface area contributed by atoms with Gasteiger partial charge in [0.2, 0.25) is 0 Å². The fourth-order valence-electron chi connectivity index (χ4n) is 3.34. The Balaban J connectivity index is 2.22. The SMILES string of the molecule is CN(C)c1cccc2c(S(=O)(=O)C(CCO)c3ccccc3)cccc12. The van der Waals surface area contributed by atoms with Crippen molar-refractivity contribution in [3.8, 4) is 0 Å². The fraction of sp³-hybridized carbons (Fsp3) is 0.238. The van der Waals surface area contributed by atoms with E-state index in [-0.39, 0.29) is 13.0 Å². The van der Waals surface area contributed by atoms with Gasteiger partial charge in [-0.05, 0) is 24.1 Å². The third-order valence-electron chi connectivity index (χ3n) is 4.58. The van der Waals surface area contributed by atoms with Gasteiger partial charge in [0.05, 0.1) is 10.1 Å². The van der Waals surface area contributed by atoms with Crippen LogP contribution >= 0.6 is 0 Å². The fourth-order valence-corrected chi connectivity index (χ4v) is 5.33. The first-order valence-corrected chi connectivity index (χ1v) is 10.1. The third kappa shape index (κ3) is 3.32. The molecule has 0 heterocycles. The first-order valence-electron chi connectivity index (χ1n) is 8.55. The van der Waals surface area contributed by atoms with E-state index < -0.39 is 15.1 Å². The van der Waals surface area contributed by atoms with Gasteiger partial charge in [0.1, 0.15) is 0 Å². The van der Waals surface area contributed by atoms with Crippen LogP contribution in [0.4, 0.5) is 5.69 Å². The molecule has 0 aliphatic carbocycles. The van der Waals surface area contributed by atoms with Crippen molar-refractivity contribution >= 4 is 26.3 Å². The number of anilines is 1. The lowest BCUT2D eigenvalue weighted by Gasteiger charge is -2.20. The Labute approximate surface area is 154 Å². The summed E-state index contributed by atoms with van der Waals surface area (Å²) in [5.74, 6) is 0. The van der Waals surface area contributed by atoms with Crippen molar-refractivity contribution in [3.63, 3.8) is 0 Å². The molecule has 136 valence electrons. The second kappa shape index (κ2) is 7.48. The monoisotopic (exact) mass is 369 g/mol. The molecule has 0 spiro atoms. The molecule has 5 heteroatoms. The Morgan fingerprint density at radius 3 is 2.19 bits per heavy atom. The largest absolute Gasteiger partial charge is 0.396 e. The minimum atomic E-state index is -3.66. The van der Waals surface area contributed by atoms with Gasteiger partial charge in [0, 0.05) is 37.2 Å². The van der Waals surface area contributed by atoms with Gasteiger partial charge in [0.25, 0.3) is 0 Å². The predicted molar refractivity (Wildman–Crippen MR) is 106 cm³/mol. The van der Waals surface area contributed by atoms with Gasteiger partial charge in [0.15, 0.2) is 9.84 Å². The lowest BCUT2D eigenvalue weighted by atomic mass is 10.1. The molecule has 0 aromatic heterocycles. The summed E-state index contributed by atoms with van der Waals surface area (Å²) in [6, 6.07) is 20.2. The van der Waals surface area contributed by atoms with E-state index in [4.69, 9.17) is 0 Å². The quantitative estimate of drug-likeness (QED) is 0.718. The molecular weight excluding hydrogens is 346 g/mol. The summed E-state index contributed by atoms with van der Waals surface area (Å²) < 4.78 is 27.0. The summed E-state index contributed by atoms with van der Waals surface area (Å²) in [5, 5.41) is 10.3. The number of rotatable bonds is 6. The van der Waals surface area contributed by atoms with E-state index in [0.717, 1.165) is 11.1 Å². The second-order valence-corrected chi connectivity index (χ2v) is 8.58. The van der Waals surface area contributed by atoms with E-state index in [2.05, 4.69) is 0 Å². The molecule has 26 heavy (non-hydrogen) atoms. The van der Waals surface area contributed by atoms with Gasteiger partial charge >= 0.3 is 0 Å². The lowest BCUT2D eigenvalue weighted by molar-refractivity contribution is 0.285. The first kappa shape index (κ1) is 18.4. The number of sulfone groups is 1. The summed E-state index contributed by atoms with van der Waals surface area (Å²) in [6.45, 7) is -0.188. The van der Waals surface area contributed by atoms with E-state index in [1.807, 2.05) is 61.5 Å². The van der Waals surface area contributed by atoms with Crippen LogP contribution in [0.1, 0.15) is 17.2 Å². The molecule has 0 amide bonds. The highest BCUT2D eigenvalue weighted by atomic mass is 32.2. The first-order chi connectivity index (χ1) is 12.5. The van der Waals surface area contributed by atoms with Crippen LogP contribution < -0.4 is 4.90 Å². The maximum Gasteiger partial charge on any atom is 0.186 e. The topological polar surface area (TPSA) is 57.6 Å². The molecule has 1 unspecified atom stereocenters. The summed E-state index contributed by atoms with van der Waals surface area (Å²) in [6.07, 6.45) is 0.163. The van der Waals surface area contributed by atoms with Gasteiger partial charge in [-0.15, -0.1) is 0 Å². The number of benzene rings is 3. The maximum atomic E-state index is 13.5. The van der Waals surface area contributed by atoms with Gasteiger partial charge in [-0.1, -0.05) is 54.6 Å². The Morgan fingerprint density at radius 2 is 1.54 bits per heavy atom. The molecule has 0 aliphatic heterocycles. The molecule has 1 N–H and O–H groups in total. The number of fused-ring (bicyclic) bond motifs is 1.